The Bertz CT molecular complexity index is 171. The minimum Gasteiger partial charge on any atom is -0.324 e. The van der Waals surface area contributed by atoms with Gasteiger partial charge in [0.25, 0.3) is 0 Å². The molecule has 0 bridgehead atoms. The number of hydrogen-bond acceptors (Lipinski definition) is 2. The number of nitrogens with zero attached hydrogens (tertiary/aromatic N) is 1. The van der Waals surface area contributed by atoms with Crippen LogP contribution >= 0.6 is 0 Å². The molecule has 1 aliphatic heterocycles. The zero-order chi connectivity index (χ0) is 9.73. The third kappa shape index (κ3) is 3.12. The molecular formula is C11H22N2. The van der Waals surface area contributed by atoms with Crippen molar-refractivity contribution in [2.24, 2.45) is 5.73 Å². The van der Waals surface area contributed by atoms with E-state index in [0.717, 1.165) is 25.9 Å². The second-order valence-electron chi connectivity index (χ2n) is 4.06. The molecule has 0 aromatic rings. The van der Waals surface area contributed by atoms with Gasteiger partial charge in [-0.25, -0.2) is 0 Å². The Balaban J connectivity index is 2.41. The van der Waals surface area contributed by atoms with Crippen molar-refractivity contribution in [2.75, 3.05) is 19.6 Å². The minimum atomic E-state index is 0.0329. The van der Waals surface area contributed by atoms with Crippen molar-refractivity contribution < 1.29 is 0 Å². The zero-order valence-electron chi connectivity index (χ0n) is 8.92. The lowest BCUT2D eigenvalue weighted by Crippen LogP contribution is -2.50. The standard InChI is InChI=1S/C11H22N2/c1-3-11(12,4-2)10-13-8-6-5-7-9-13/h5-6H,3-4,7-10,12H2,1-2H3. The Morgan fingerprint density at radius 3 is 2.46 bits per heavy atom. The van der Waals surface area contributed by atoms with Gasteiger partial charge in [0, 0.05) is 25.2 Å². The molecule has 0 fully saturated rings. The topological polar surface area (TPSA) is 29.3 Å². The van der Waals surface area contributed by atoms with Crippen molar-refractivity contribution in [1.82, 2.24) is 4.90 Å². The molecule has 2 nitrogen and oxygen atoms in total. The Labute approximate surface area is 81.8 Å². The van der Waals surface area contributed by atoms with Crippen LogP contribution in [0.3, 0.4) is 0 Å². The van der Waals surface area contributed by atoms with E-state index in [9.17, 15) is 0 Å². The van der Waals surface area contributed by atoms with Gasteiger partial charge in [-0.2, -0.15) is 0 Å². The lowest BCUT2D eigenvalue weighted by molar-refractivity contribution is 0.213. The summed E-state index contributed by atoms with van der Waals surface area (Å²) in [5.74, 6) is 0. The Morgan fingerprint density at radius 2 is 2.00 bits per heavy atom. The van der Waals surface area contributed by atoms with Crippen molar-refractivity contribution in [3.05, 3.63) is 12.2 Å². The molecule has 0 radical (unpaired) electrons. The van der Waals surface area contributed by atoms with Gasteiger partial charge in [0.1, 0.15) is 0 Å². The lowest BCUT2D eigenvalue weighted by Gasteiger charge is -2.34. The summed E-state index contributed by atoms with van der Waals surface area (Å²) in [6.45, 7) is 7.67. The quantitative estimate of drug-likeness (QED) is 0.671. The van der Waals surface area contributed by atoms with Gasteiger partial charge in [0.2, 0.25) is 0 Å². The molecule has 0 amide bonds. The SMILES string of the molecule is CCC(N)(CC)CN1CC=CCC1. The van der Waals surface area contributed by atoms with E-state index < -0.39 is 0 Å². The van der Waals surface area contributed by atoms with E-state index >= 15 is 0 Å². The molecule has 2 N–H and O–H groups in total. The third-order valence-electron chi connectivity index (χ3n) is 3.09. The summed E-state index contributed by atoms with van der Waals surface area (Å²) >= 11 is 0. The van der Waals surface area contributed by atoms with Crippen LogP contribution in [0.15, 0.2) is 12.2 Å². The largest absolute Gasteiger partial charge is 0.324 e. The van der Waals surface area contributed by atoms with E-state index in [1.54, 1.807) is 0 Å². The van der Waals surface area contributed by atoms with Crippen molar-refractivity contribution in [2.45, 2.75) is 38.6 Å². The molecule has 0 aliphatic carbocycles. The van der Waals surface area contributed by atoms with Gasteiger partial charge < -0.3 is 5.73 Å². The van der Waals surface area contributed by atoms with Crippen molar-refractivity contribution in [3.8, 4) is 0 Å². The van der Waals surface area contributed by atoms with Crippen LogP contribution in [0, 0.1) is 0 Å². The summed E-state index contributed by atoms with van der Waals surface area (Å²) in [7, 11) is 0. The molecule has 1 aliphatic rings. The number of rotatable bonds is 4. The lowest BCUT2D eigenvalue weighted by atomic mass is 9.93. The van der Waals surface area contributed by atoms with Gasteiger partial charge in [0.15, 0.2) is 0 Å². The molecule has 0 saturated carbocycles. The van der Waals surface area contributed by atoms with E-state index in [1.165, 1.54) is 13.0 Å². The highest BCUT2D eigenvalue weighted by Crippen LogP contribution is 2.14. The van der Waals surface area contributed by atoms with Gasteiger partial charge in [-0.1, -0.05) is 26.0 Å². The maximum absolute atomic E-state index is 6.26. The van der Waals surface area contributed by atoms with Gasteiger partial charge in [-0.05, 0) is 19.3 Å². The molecule has 0 aromatic carbocycles. The number of nitrogens with two attached hydrogens (primary N) is 1. The summed E-state index contributed by atoms with van der Waals surface area (Å²) in [6, 6.07) is 0. The van der Waals surface area contributed by atoms with Crippen LogP contribution in [-0.2, 0) is 0 Å². The summed E-state index contributed by atoms with van der Waals surface area (Å²) in [5, 5.41) is 0. The van der Waals surface area contributed by atoms with E-state index in [-0.39, 0.29) is 5.54 Å². The number of hydrogen-bond donors (Lipinski definition) is 1. The smallest absolute Gasteiger partial charge is 0.0278 e. The highest BCUT2D eigenvalue weighted by Gasteiger charge is 2.23. The summed E-state index contributed by atoms with van der Waals surface area (Å²) in [6.07, 6.45) is 7.83. The fraction of sp³-hybridized carbons (Fsp3) is 0.818. The van der Waals surface area contributed by atoms with Crippen LogP contribution in [0.5, 0.6) is 0 Å². The van der Waals surface area contributed by atoms with Crippen molar-refractivity contribution in [1.29, 1.82) is 0 Å². The highest BCUT2D eigenvalue weighted by atomic mass is 15.1. The van der Waals surface area contributed by atoms with E-state index in [2.05, 4.69) is 30.9 Å². The van der Waals surface area contributed by atoms with Crippen LogP contribution in [0.4, 0.5) is 0 Å². The minimum absolute atomic E-state index is 0.0329. The fourth-order valence-electron chi connectivity index (χ4n) is 1.75. The molecule has 1 rings (SSSR count). The van der Waals surface area contributed by atoms with E-state index in [1.807, 2.05) is 0 Å². The van der Waals surface area contributed by atoms with E-state index in [4.69, 9.17) is 5.73 Å². The predicted molar refractivity (Wildman–Crippen MR) is 57.7 cm³/mol. The summed E-state index contributed by atoms with van der Waals surface area (Å²) in [5.41, 5.74) is 6.29. The first-order valence-electron chi connectivity index (χ1n) is 5.36. The fourth-order valence-corrected chi connectivity index (χ4v) is 1.75. The molecule has 2 heteroatoms. The van der Waals surface area contributed by atoms with Crippen LogP contribution in [0.2, 0.25) is 0 Å². The van der Waals surface area contributed by atoms with Gasteiger partial charge >= 0.3 is 0 Å². The Morgan fingerprint density at radius 1 is 1.31 bits per heavy atom. The molecular weight excluding hydrogens is 160 g/mol. The van der Waals surface area contributed by atoms with Crippen molar-refractivity contribution in [3.63, 3.8) is 0 Å². The molecule has 1 heterocycles. The van der Waals surface area contributed by atoms with Gasteiger partial charge in [0.05, 0.1) is 0 Å². The van der Waals surface area contributed by atoms with Crippen LogP contribution in [0.1, 0.15) is 33.1 Å². The Kier molecular flexibility index (Phi) is 3.94. The van der Waals surface area contributed by atoms with Crippen LogP contribution < -0.4 is 5.73 Å². The first kappa shape index (κ1) is 10.7. The monoisotopic (exact) mass is 182 g/mol. The predicted octanol–water partition coefficient (Wildman–Crippen LogP) is 1.77. The van der Waals surface area contributed by atoms with Crippen LogP contribution in [-0.4, -0.2) is 30.1 Å². The third-order valence-corrected chi connectivity index (χ3v) is 3.09. The second-order valence-corrected chi connectivity index (χ2v) is 4.06. The molecule has 0 aromatic heterocycles. The molecule has 13 heavy (non-hydrogen) atoms. The van der Waals surface area contributed by atoms with Crippen LogP contribution in [0.25, 0.3) is 0 Å². The maximum Gasteiger partial charge on any atom is 0.0278 e. The average Bonchev–Trinajstić information content (AvgIpc) is 2.19. The zero-order valence-corrected chi connectivity index (χ0v) is 8.92. The molecule has 0 unspecified atom stereocenters. The molecule has 0 spiro atoms. The van der Waals surface area contributed by atoms with Crippen molar-refractivity contribution >= 4 is 0 Å². The summed E-state index contributed by atoms with van der Waals surface area (Å²) in [4.78, 5) is 2.45. The van der Waals surface area contributed by atoms with E-state index in [0.29, 0.717) is 0 Å². The molecule has 0 atom stereocenters. The first-order valence-corrected chi connectivity index (χ1v) is 5.36. The second kappa shape index (κ2) is 4.77. The average molecular weight is 182 g/mol. The maximum atomic E-state index is 6.26. The first-order chi connectivity index (χ1) is 6.20. The van der Waals surface area contributed by atoms with Gasteiger partial charge in [-0.15, -0.1) is 0 Å². The normalized spacial score (nSPS) is 19.3. The molecule has 0 saturated heterocycles. The molecule has 76 valence electrons. The van der Waals surface area contributed by atoms with Gasteiger partial charge in [-0.3, -0.25) is 4.90 Å². The highest BCUT2D eigenvalue weighted by molar-refractivity contribution is 4.94. The Hall–Kier alpha value is -0.340. The summed E-state index contributed by atoms with van der Waals surface area (Å²) < 4.78 is 0.